The lowest BCUT2D eigenvalue weighted by Gasteiger charge is -2.35. The second-order valence-electron chi connectivity index (χ2n) is 4.89. The van der Waals surface area contributed by atoms with Crippen molar-refractivity contribution in [2.75, 3.05) is 32.7 Å². The molecule has 1 aliphatic rings. The Kier molecular flexibility index (Phi) is 5.69. The van der Waals surface area contributed by atoms with Gasteiger partial charge < -0.3 is 10.0 Å². The van der Waals surface area contributed by atoms with E-state index in [0.29, 0.717) is 33.9 Å². The van der Waals surface area contributed by atoms with Gasteiger partial charge in [-0.2, -0.15) is 0 Å². The molecule has 20 heavy (non-hydrogen) atoms. The van der Waals surface area contributed by atoms with Crippen molar-refractivity contribution in [1.82, 2.24) is 9.80 Å². The minimum absolute atomic E-state index is 0.0613. The van der Waals surface area contributed by atoms with Crippen molar-refractivity contribution < 1.29 is 9.90 Å². The first-order chi connectivity index (χ1) is 9.51. The van der Waals surface area contributed by atoms with E-state index in [0.717, 1.165) is 19.5 Å². The molecule has 112 valence electrons. The number of amides is 1. The Morgan fingerprint density at radius 2 is 2.05 bits per heavy atom. The number of carbonyl (C=O) groups excluding carboxylic acids is 1. The number of rotatable bonds is 4. The molecule has 1 saturated heterocycles. The second kappa shape index (κ2) is 7.09. The van der Waals surface area contributed by atoms with Crippen molar-refractivity contribution in [1.29, 1.82) is 0 Å². The van der Waals surface area contributed by atoms with Crippen molar-refractivity contribution in [3.05, 3.63) is 20.3 Å². The number of piperazine rings is 1. The summed E-state index contributed by atoms with van der Waals surface area (Å²) in [5.74, 6) is -0.0613. The van der Waals surface area contributed by atoms with Crippen molar-refractivity contribution in [3.63, 3.8) is 0 Å². The molecular weight excluding hydrogens is 319 g/mol. The number of hydrogen-bond acceptors (Lipinski definition) is 4. The molecule has 0 spiro atoms. The number of aliphatic hydroxyl groups excluding tert-OH is 1. The SMILES string of the molecule is CC[C@@H](O)CN1CCN(C(=O)c2cc(Cl)sc2Cl)CC1. The Hall–Kier alpha value is -0.330. The molecule has 0 radical (unpaired) electrons. The van der Waals surface area contributed by atoms with Gasteiger partial charge in [0.15, 0.2) is 0 Å². The first kappa shape index (κ1) is 16.0. The highest BCUT2D eigenvalue weighted by molar-refractivity contribution is 7.20. The molecule has 7 heteroatoms. The molecule has 1 N–H and O–H groups in total. The fourth-order valence-corrected chi connectivity index (χ4v) is 3.67. The molecule has 4 nitrogen and oxygen atoms in total. The van der Waals surface area contributed by atoms with E-state index in [1.165, 1.54) is 11.3 Å². The van der Waals surface area contributed by atoms with Crippen LogP contribution in [0.1, 0.15) is 23.7 Å². The summed E-state index contributed by atoms with van der Waals surface area (Å²) < 4.78 is 0.979. The maximum absolute atomic E-state index is 12.3. The van der Waals surface area contributed by atoms with E-state index < -0.39 is 0 Å². The normalized spacial score (nSPS) is 18.3. The smallest absolute Gasteiger partial charge is 0.256 e. The van der Waals surface area contributed by atoms with Gasteiger partial charge in [0, 0.05) is 32.7 Å². The number of halogens is 2. The number of nitrogens with zero attached hydrogens (tertiary/aromatic N) is 2. The molecule has 2 rings (SSSR count). The summed E-state index contributed by atoms with van der Waals surface area (Å²) >= 11 is 13.1. The van der Waals surface area contributed by atoms with Gasteiger partial charge in [-0.25, -0.2) is 0 Å². The third-order valence-corrected chi connectivity index (χ3v) is 4.97. The minimum Gasteiger partial charge on any atom is -0.392 e. The topological polar surface area (TPSA) is 43.8 Å². The van der Waals surface area contributed by atoms with Gasteiger partial charge >= 0.3 is 0 Å². The molecule has 1 atom stereocenters. The largest absolute Gasteiger partial charge is 0.392 e. The highest BCUT2D eigenvalue weighted by atomic mass is 35.5. The Morgan fingerprint density at radius 3 is 2.55 bits per heavy atom. The van der Waals surface area contributed by atoms with Crippen LogP contribution in [0.15, 0.2) is 6.07 Å². The molecular formula is C13H18Cl2N2O2S. The third kappa shape index (κ3) is 3.86. The second-order valence-corrected chi connectivity index (χ2v) is 7.18. The van der Waals surface area contributed by atoms with E-state index in [1.54, 1.807) is 11.0 Å². The van der Waals surface area contributed by atoms with E-state index in [1.807, 2.05) is 6.92 Å². The molecule has 1 amide bonds. The summed E-state index contributed by atoms with van der Waals surface area (Å²) in [6, 6.07) is 1.63. The van der Waals surface area contributed by atoms with Crippen LogP contribution in [0.25, 0.3) is 0 Å². The summed E-state index contributed by atoms with van der Waals surface area (Å²) in [7, 11) is 0. The van der Waals surface area contributed by atoms with Crippen LogP contribution < -0.4 is 0 Å². The van der Waals surface area contributed by atoms with E-state index in [2.05, 4.69) is 4.90 Å². The van der Waals surface area contributed by atoms with Crippen LogP contribution in [-0.2, 0) is 0 Å². The van der Waals surface area contributed by atoms with E-state index in [9.17, 15) is 9.90 Å². The minimum atomic E-state index is -0.289. The van der Waals surface area contributed by atoms with Crippen LogP contribution in [0, 0.1) is 0 Å². The summed E-state index contributed by atoms with van der Waals surface area (Å²) in [5.41, 5.74) is 0.490. The quantitative estimate of drug-likeness (QED) is 0.918. The van der Waals surface area contributed by atoms with Crippen LogP contribution in [-0.4, -0.2) is 59.6 Å². The van der Waals surface area contributed by atoms with Gasteiger partial charge in [-0.3, -0.25) is 9.69 Å². The Balaban J connectivity index is 1.90. The average molecular weight is 337 g/mol. The predicted octanol–water partition coefficient (Wildman–Crippen LogP) is 2.58. The van der Waals surface area contributed by atoms with Gasteiger partial charge in [-0.1, -0.05) is 30.1 Å². The lowest BCUT2D eigenvalue weighted by atomic mass is 10.2. The molecule has 0 saturated carbocycles. The summed E-state index contributed by atoms with van der Waals surface area (Å²) in [6.07, 6.45) is 0.463. The van der Waals surface area contributed by atoms with Crippen LogP contribution in [0.5, 0.6) is 0 Å². The Morgan fingerprint density at radius 1 is 1.40 bits per heavy atom. The monoisotopic (exact) mass is 336 g/mol. The molecule has 0 aromatic carbocycles. The molecule has 2 heterocycles. The molecule has 0 bridgehead atoms. The summed E-state index contributed by atoms with van der Waals surface area (Å²) in [6.45, 7) is 5.49. The molecule has 0 aliphatic carbocycles. The molecule has 0 unspecified atom stereocenters. The standard InChI is InChI=1S/C13H18Cl2N2O2S/c1-2-9(18)8-16-3-5-17(6-4-16)13(19)10-7-11(14)20-12(10)15/h7,9,18H,2-6,8H2,1H3/t9-/m1/s1. The maximum atomic E-state index is 12.3. The van der Waals surface area contributed by atoms with Gasteiger partial charge in [0.1, 0.15) is 4.34 Å². The van der Waals surface area contributed by atoms with Gasteiger partial charge in [-0.05, 0) is 12.5 Å². The first-order valence-corrected chi connectivity index (χ1v) is 8.23. The van der Waals surface area contributed by atoms with Crippen LogP contribution in [0.2, 0.25) is 8.67 Å². The van der Waals surface area contributed by atoms with Gasteiger partial charge in [0.2, 0.25) is 0 Å². The number of carbonyl (C=O) groups is 1. The van der Waals surface area contributed by atoms with Crippen molar-refractivity contribution in [2.45, 2.75) is 19.4 Å². The average Bonchev–Trinajstić information content (AvgIpc) is 2.77. The van der Waals surface area contributed by atoms with E-state index in [4.69, 9.17) is 23.2 Å². The van der Waals surface area contributed by atoms with Gasteiger partial charge in [0.05, 0.1) is 16.0 Å². The van der Waals surface area contributed by atoms with E-state index in [-0.39, 0.29) is 12.0 Å². The number of β-amino-alcohol motifs (C(OH)–C–C–N with tert-alkyl or cyclic N) is 1. The lowest BCUT2D eigenvalue weighted by Crippen LogP contribution is -2.50. The van der Waals surface area contributed by atoms with E-state index >= 15 is 0 Å². The lowest BCUT2D eigenvalue weighted by molar-refractivity contribution is 0.0524. The first-order valence-electron chi connectivity index (χ1n) is 6.65. The molecule has 1 aromatic heterocycles. The molecule has 1 fully saturated rings. The number of thiophene rings is 1. The summed E-state index contributed by atoms with van der Waals surface area (Å²) in [5, 5.41) is 9.65. The molecule has 1 aromatic rings. The predicted molar refractivity (Wildman–Crippen MR) is 83.0 cm³/mol. The highest BCUT2D eigenvalue weighted by Gasteiger charge is 2.25. The number of aliphatic hydroxyl groups is 1. The zero-order chi connectivity index (χ0) is 14.7. The molecule has 1 aliphatic heterocycles. The Labute approximate surface area is 132 Å². The fourth-order valence-electron chi connectivity index (χ4n) is 2.22. The summed E-state index contributed by atoms with van der Waals surface area (Å²) in [4.78, 5) is 16.3. The third-order valence-electron chi connectivity index (χ3n) is 3.49. The van der Waals surface area contributed by atoms with Crippen LogP contribution >= 0.6 is 34.5 Å². The zero-order valence-electron chi connectivity index (χ0n) is 11.3. The zero-order valence-corrected chi connectivity index (χ0v) is 13.6. The highest BCUT2D eigenvalue weighted by Crippen LogP contribution is 2.32. The fraction of sp³-hybridized carbons (Fsp3) is 0.615. The van der Waals surface area contributed by atoms with Crippen molar-refractivity contribution in [2.24, 2.45) is 0 Å². The Bertz CT molecular complexity index is 473. The van der Waals surface area contributed by atoms with Gasteiger partial charge in [0.25, 0.3) is 5.91 Å². The van der Waals surface area contributed by atoms with Crippen molar-refractivity contribution in [3.8, 4) is 0 Å². The number of hydrogen-bond donors (Lipinski definition) is 1. The van der Waals surface area contributed by atoms with Gasteiger partial charge in [-0.15, -0.1) is 11.3 Å². The van der Waals surface area contributed by atoms with Crippen LogP contribution in [0.3, 0.4) is 0 Å². The van der Waals surface area contributed by atoms with Crippen LogP contribution in [0.4, 0.5) is 0 Å². The van der Waals surface area contributed by atoms with Crippen molar-refractivity contribution >= 4 is 40.4 Å². The maximum Gasteiger partial charge on any atom is 0.256 e.